The van der Waals surface area contributed by atoms with E-state index in [4.69, 9.17) is 10.5 Å². The Balaban J connectivity index is 1.66. The van der Waals surface area contributed by atoms with Crippen molar-refractivity contribution in [1.82, 2.24) is 9.55 Å². The molecular weight excluding hydrogens is 421 g/mol. The van der Waals surface area contributed by atoms with Crippen LogP contribution in [0.2, 0.25) is 0 Å². The fraction of sp³-hybridized carbons (Fsp3) is 0.545. The molecule has 7 nitrogen and oxygen atoms in total. The van der Waals surface area contributed by atoms with E-state index in [9.17, 15) is 14.7 Å². The molecule has 166 valence electrons. The lowest BCUT2D eigenvalue weighted by Crippen LogP contribution is -2.57. The molecule has 0 aromatic carbocycles. The van der Waals surface area contributed by atoms with Crippen LogP contribution in [0.1, 0.15) is 46.5 Å². The van der Waals surface area contributed by atoms with E-state index in [-0.39, 0.29) is 29.8 Å². The van der Waals surface area contributed by atoms with Crippen molar-refractivity contribution in [2.24, 2.45) is 11.7 Å². The Labute approximate surface area is 181 Å². The molecule has 4 unspecified atom stereocenters. The molecule has 0 bridgehead atoms. The van der Waals surface area contributed by atoms with Crippen LogP contribution >= 0.6 is 11.3 Å². The summed E-state index contributed by atoms with van der Waals surface area (Å²) in [5, 5.41) is 9.98. The number of halogens is 1. The molecule has 0 aliphatic heterocycles. The topological polar surface area (TPSA) is 110 Å². The summed E-state index contributed by atoms with van der Waals surface area (Å²) in [5.41, 5.74) is 6.13. The Morgan fingerprint density at radius 1 is 1.39 bits per heavy atom. The summed E-state index contributed by atoms with van der Waals surface area (Å²) in [6.07, 6.45) is 4.07. The van der Waals surface area contributed by atoms with Gasteiger partial charge in [-0.15, -0.1) is 11.3 Å². The molecule has 2 aromatic heterocycles. The van der Waals surface area contributed by atoms with Gasteiger partial charge in [0, 0.05) is 21.8 Å². The molecule has 0 amide bonds. The average Bonchev–Trinajstić information content (AvgIpc) is 3.50. The number of fused-ring (bicyclic) bond motifs is 2. The fourth-order valence-corrected chi connectivity index (χ4v) is 6.29. The van der Waals surface area contributed by atoms with Crippen LogP contribution in [0, 0.1) is 5.92 Å². The number of aryl methyl sites for hydroxylation is 1. The minimum absolute atomic E-state index is 0.00531. The summed E-state index contributed by atoms with van der Waals surface area (Å²) in [7, 11) is 1.47. The molecule has 9 heteroatoms. The van der Waals surface area contributed by atoms with Gasteiger partial charge < -0.3 is 15.6 Å². The largest absolute Gasteiger partial charge is 0.498 e. The highest BCUT2D eigenvalue weighted by molar-refractivity contribution is 7.12. The van der Waals surface area contributed by atoms with Crippen LogP contribution in [0.3, 0.4) is 0 Å². The fourth-order valence-electron chi connectivity index (χ4n) is 4.95. The van der Waals surface area contributed by atoms with E-state index < -0.39 is 23.3 Å². The first kappa shape index (κ1) is 20.7. The third-order valence-corrected chi connectivity index (χ3v) is 8.06. The van der Waals surface area contributed by atoms with Gasteiger partial charge in [-0.1, -0.05) is 0 Å². The predicted octanol–water partition coefficient (Wildman–Crippen LogP) is 0.0281. The van der Waals surface area contributed by atoms with E-state index in [1.165, 1.54) is 18.1 Å². The molecule has 31 heavy (non-hydrogen) atoms. The first-order valence-electron chi connectivity index (χ1n) is 10.7. The third-order valence-electron chi connectivity index (χ3n) is 6.73. The maximum Gasteiger partial charge on any atom is 0.329 e. The lowest BCUT2D eigenvalue weighted by atomic mass is 9.83. The number of H-pyrrole nitrogens is 1. The molecule has 4 N–H and O–H groups in total. The zero-order valence-corrected chi connectivity index (χ0v) is 18.1. The number of aliphatic hydroxyl groups is 1. The second-order valence-electron chi connectivity index (χ2n) is 8.73. The lowest BCUT2D eigenvalue weighted by Gasteiger charge is -2.26. The Kier molecular flexibility index (Phi) is 5.15. The smallest absolute Gasteiger partial charge is 0.329 e. The van der Waals surface area contributed by atoms with Crippen molar-refractivity contribution >= 4 is 23.2 Å². The molecule has 1 fully saturated rings. The predicted molar refractivity (Wildman–Crippen MR) is 116 cm³/mol. The summed E-state index contributed by atoms with van der Waals surface area (Å²) < 4.78 is 22.7. The highest BCUT2D eigenvalue weighted by Gasteiger charge is 2.37. The highest BCUT2D eigenvalue weighted by atomic mass is 32.1. The number of methoxy groups -OCH3 is 1. The number of hydrogen-bond acceptors (Lipinski definition) is 6. The van der Waals surface area contributed by atoms with Crippen molar-refractivity contribution in [2.45, 2.75) is 56.3 Å². The number of aromatic amines is 1. The first-order valence-corrected chi connectivity index (χ1v) is 11.5. The lowest BCUT2D eigenvalue weighted by molar-refractivity contribution is 0.216. The molecule has 1 saturated carbocycles. The molecular formula is C22H26FN3O4S. The molecule has 5 rings (SSSR count). The Hall–Kier alpha value is -2.23. The quantitative estimate of drug-likeness (QED) is 0.599. The van der Waals surface area contributed by atoms with Crippen molar-refractivity contribution in [2.75, 3.05) is 13.7 Å². The van der Waals surface area contributed by atoms with Crippen LogP contribution in [0.25, 0.3) is 11.8 Å². The zero-order chi connectivity index (χ0) is 21.9. The van der Waals surface area contributed by atoms with Crippen LogP contribution in [-0.2, 0) is 17.6 Å². The number of rotatable bonds is 5. The van der Waals surface area contributed by atoms with Gasteiger partial charge in [-0.05, 0) is 55.7 Å². The van der Waals surface area contributed by atoms with E-state index in [0.717, 1.165) is 42.5 Å². The normalized spacial score (nSPS) is 26.1. The summed E-state index contributed by atoms with van der Waals surface area (Å²) >= 11 is 1.56. The minimum atomic E-state index is -1.44. The van der Waals surface area contributed by atoms with Crippen molar-refractivity contribution < 1.29 is 14.2 Å². The molecule has 2 aromatic rings. The van der Waals surface area contributed by atoms with Gasteiger partial charge in [-0.25, -0.2) is 9.18 Å². The van der Waals surface area contributed by atoms with Gasteiger partial charge in [-0.2, -0.15) is 0 Å². The first-order chi connectivity index (χ1) is 14.9. The van der Waals surface area contributed by atoms with Gasteiger partial charge in [0.1, 0.15) is 11.9 Å². The molecule has 3 aliphatic carbocycles. The van der Waals surface area contributed by atoms with Crippen LogP contribution in [-0.4, -0.2) is 40.6 Å². The van der Waals surface area contributed by atoms with Crippen molar-refractivity contribution in [3.63, 3.8) is 0 Å². The summed E-state index contributed by atoms with van der Waals surface area (Å²) in [6.45, 7) is -0.0488. The summed E-state index contributed by atoms with van der Waals surface area (Å²) in [5.74, 6) is -0.171. The minimum Gasteiger partial charge on any atom is -0.498 e. The monoisotopic (exact) mass is 447 g/mol. The Bertz CT molecular complexity index is 1260. The van der Waals surface area contributed by atoms with Gasteiger partial charge in [-0.3, -0.25) is 14.3 Å². The number of nitrogens with zero attached hydrogens (tertiary/aromatic N) is 1. The van der Waals surface area contributed by atoms with Gasteiger partial charge in [0.05, 0.1) is 30.2 Å². The van der Waals surface area contributed by atoms with Gasteiger partial charge in [0.25, 0.3) is 5.56 Å². The number of nitrogens with two attached hydrogens (primary N) is 1. The van der Waals surface area contributed by atoms with E-state index in [0.29, 0.717) is 11.1 Å². The van der Waals surface area contributed by atoms with E-state index in [1.54, 1.807) is 15.9 Å². The number of thiophene rings is 1. The average molecular weight is 448 g/mol. The standard InChI is InChI=1S/C22H26FN3O4S/c1-30-20-18(17-7-11-6-10(15(24)9-27)2-5-16(11)31-17)14(23)8-13-19(20)26(12-3-4-12)22(29)25-21(13)28/h7-8,10,12,14-15,18,27H,2-6,9,24H2,1H3,(H,25,28,29). The van der Waals surface area contributed by atoms with Crippen molar-refractivity contribution in [3.8, 4) is 0 Å². The number of aromatic nitrogens is 2. The second kappa shape index (κ2) is 7.72. The molecule has 3 aliphatic rings. The number of nitrogens with one attached hydrogen (secondary N) is 1. The summed E-state index contributed by atoms with van der Waals surface area (Å²) in [4.78, 5) is 29.4. The molecule has 0 saturated heterocycles. The van der Waals surface area contributed by atoms with Crippen LogP contribution in [0.5, 0.6) is 0 Å². The highest BCUT2D eigenvalue weighted by Crippen LogP contribution is 2.42. The van der Waals surface area contributed by atoms with E-state index in [2.05, 4.69) is 4.98 Å². The van der Waals surface area contributed by atoms with Crippen LogP contribution < -0.4 is 27.6 Å². The third kappa shape index (κ3) is 3.39. The maximum absolute atomic E-state index is 15.5. The number of aliphatic hydroxyl groups excluding tert-OH is 1. The van der Waals surface area contributed by atoms with Gasteiger partial charge in [0.15, 0.2) is 0 Å². The number of alkyl halides is 1. The van der Waals surface area contributed by atoms with Crippen LogP contribution in [0.4, 0.5) is 4.39 Å². The maximum atomic E-state index is 15.5. The van der Waals surface area contributed by atoms with Gasteiger partial charge in [0.2, 0.25) is 0 Å². The van der Waals surface area contributed by atoms with Gasteiger partial charge >= 0.3 is 5.69 Å². The SMILES string of the molecule is COC1=c2c(c(=O)[nH]c(=O)n2C2CC2)=CC(F)C1c1cc2c(s1)CCC(C(N)CO)C2. The molecule has 0 radical (unpaired) electrons. The van der Waals surface area contributed by atoms with E-state index in [1.807, 2.05) is 6.07 Å². The van der Waals surface area contributed by atoms with Crippen molar-refractivity contribution in [3.05, 3.63) is 52.8 Å². The molecule has 2 heterocycles. The Morgan fingerprint density at radius 3 is 2.84 bits per heavy atom. The van der Waals surface area contributed by atoms with E-state index >= 15 is 4.39 Å². The molecule has 0 spiro atoms. The Morgan fingerprint density at radius 2 is 2.16 bits per heavy atom. The number of ether oxygens (including phenoxy) is 1. The van der Waals surface area contributed by atoms with Crippen LogP contribution in [0.15, 0.2) is 15.7 Å². The molecule has 4 atom stereocenters. The van der Waals surface area contributed by atoms with Crippen molar-refractivity contribution in [1.29, 1.82) is 0 Å². The number of hydrogen-bond donors (Lipinski definition) is 3. The second-order valence-corrected chi connectivity index (χ2v) is 9.89. The summed E-state index contributed by atoms with van der Waals surface area (Å²) in [6, 6.07) is 1.75. The zero-order valence-electron chi connectivity index (χ0n) is 17.3.